The van der Waals surface area contributed by atoms with Gasteiger partial charge in [0.25, 0.3) is 0 Å². The molecule has 2 heterocycles. The van der Waals surface area contributed by atoms with Gasteiger partial charge in [-0.1, -0.05) is 6.92 Å². The fourth-order valence-corrected chi connectivity index (χ4v) is 1.77. The molecule has 4 nitrogen and oxygen atoms in total. The third-order valence-electron chi connectivity index (χ3n) is 2.58. The average molecular weight is 228 g/mol. The summed E-state index contributed by atoms with van der Waals surface area (Å²) >= 11 is 0. The second-order valence-electron chi connectivity index (χ2n) is 3.80. The van der Waals surface area contributed by atoms with Gasteiger partial charge in [-0.2, -0.15) is 0 Å². The van der Waals surface area contributed by atoms with Crippen LogP contribution in [0.5, 0.6) is 0 Å². The zero-order valence-electron chi connectivity index (χ0n) is 9.87. The minimum absolute atomic E-state index is 0.205. The molecule has 2 aromatic heterocycles. The first-order chi connectivity index (χ1) is 8.40. The Kier molecular flexibility index (Phi) is 4.16. The molecule has 17 heavy (non-hydrogen) atoms. The van der Waals surface area contributed by atoms with E-state index in [1.54, 1.807) is 12.4 Å². The molecule has 0 saturated carbocycles. The number of rotatable bonds is 5. The van der Waals surface area contributed by atoms with Crippen molar-refractivity contribution in [2.24, 2.45) is 0 Å². The van der Waals surface area contributed by atoms with Crippen LogP contribution in [0.3, 0.4) is 0 Å². The van der Waals surface area contributed by atoms with Gasteiger partial charge in [-0.05, 0) is 30.7 Å². The van der Waals surface area contributed by atoms with Crippen molar-refractivity contribution < 1.29 is 0 Å². The van der Waals surface area contributed by atoms with Gasteiger partial charge >= 0.3 is 0 Å². The molecule has 0 radical (unpaired) electrons. The fourth-order valence-electron chi connectivity index (χ4n) is 1.77. The molecular formula is C13H16N4. The van der Waals surface area contributed by atoms with E-state index in [2.05, 4.69) is 27.2 Å². The number of nitrogens with zero attached hydrogens (tertiary/aromatic N) is 3. The molecule has 0 aromatic carbocycles. The summed E-state index contributed by atoms with van der Waals surface area (Å²) in [6, 6.07) is 4.26. The van der Waals surface area contributed by atoms with Crippen molar-refractivity contribution in [3.8, 4) is 0 Å². The lowest BCUT2D eigenvalue weighted by Gasteiger charge is -2.16. The molecule has 0 aliphatic heterocycles. The Bertz CT molecular complexity index is 430. The highest BCUT2D eigenvalue weighted by molar-refractivity contribution is 5.15. The molecule has 0 fully saturated rings. The standard InChI is InChI=1S/C13H16N4/c1-2-16-12(13-10-15-7-8-17-13)9-11-3-5-14-6-4-11/h3-8,10,12,16H,2,9H2,1H3. The summed E-state index contributed by atoms with van der Waals surface area (Å²) in [5, 5.41) is 3.42. The Morgan fingerprint density at radius 2 is 1.94 bits per heavy atom. The predicted molar refractivity (Wildman–Crippen MR) is 66.4 cm³/mol. The van der Waals surface area contributed by atoms with E-state index < -0.39 is 0 Å². The second kappa shape index (κ2) is 6.06. The smallest absolute Gasteiger partial charge is 0.0759 e. The molecular weight excluding hydrogens is 212 g/mol. The van der Waals surface area contributed by atoms with Gasteiger partial charge in [0.05, 0.1) is 11.7 Å². The number of hydrogen-bond acceptors (Lipinski definition) is 4. The molecule has 2 rings (SSSR count). The van der Waals surface area contributed by atoms with Crippen LogP contribution in [0, 0.1) is 0 Å². The van der Waals surface area contributed by atoms with Gasteiger partial charge in [0, 0.05) is 31.0 Å². The Labute approximate surface area is 101 Å². The van der Waals surface area contributed by atoms with Crippen molar-refractivity contribution in [1.29, 1.82) is 0 Å². The molecule has 2 aromatic rings. The number of pyridine rings is 1. The Morgan fingerprint density at radius 3 is 2.59 bits per heavy atom. The predicted octanol–water partition coefficient (Wildman–Crippen LogP) is 1.76. The molecule has 0 aliphatic carbocycles. The van der Waals surface area contributed by atoms with Crippen LogP contribution in [0.1, 0.15) is 24.2 Å². The van der Waals surface area contributed by atoms with E-state index in [9.17, 15) is 0 Å². The second-order valence-corrected chi connectivity index (χ2v) is 3.80. The highest BCUT2D eigenvalue weighted by Gasteiger charge is 2.12. The maximum Gasteiger partial charge on any atom is 0.0759 e. The third kappa shape index (κ3) is 3.32. The third-order valence-corrected chi connectivity index (χ3v) is 2.58. The van der Waals surface area contributed by atoms with Crippen LogP contribution in [0.25, 0.3) is 0 Å². The van der Waals surface area contributed by atoms with Crippen LogP contribution in [0.2, 0.25) is 0 Å². The van der Waals surface area contributed by atoms with Crippen molar-refractivity contribution in [3.63, 3.8) is 0 Å². The Hall–Kier alpha value is -1.81. The van der Waals surface area contributed by atoms with Crippen LogP contribution in [0.4, 0.5) is 0 Å². The number of nitrogens with one attached hydrogen (secondary N) is 1. The SMILES string of the molecule is CCNC(Cc1ccncc1)c1cnccn1. The number of hydrogen-bond donors (Lipinski definition) is 1. The highest BCUT2D eigenvalue weighted by Crippen LogP contribution is 2.14. The summed E-state index contributed by atoms with van der Waals surface area (Å²) in [5.41, 5.74) is 2.22. The summed E-state index contributed by atoms with van der Waals surface area (Å²) in [6.45, 7) is 3.00. The zero-order valence-corrected chi connectivity index (χ0v) is 9.87. The summed E-state index contributed by atoms with van der Waals surface area (Å²) in [4.78, 5) is 12.5. The topological polar surface area (TPSA) is 50.7 Å². The summed E-state index contributed by atoms with van der Waals surface area (Å²) in [7, 11) is 0. The Balaban J connectivity index is 2.13. The van der Waals surface area contributed by atoms with Crippen molar-refractivity contribution in [2.45, 2.75) is 19.4 Å². The highest BCUT2D eigenvalue weighted by atomic mass is 14.9. The van der Waals surface area contributed by atoms with Gasteiger partial charge in [0.1, 0.15) is 0 Å². The van der Waals surface area contributed by atoms with E-state index in [1.807, 2.05) is 30.7 Å². The molecule has 0 amide bonds. The maximum absolute atomic E-state index is 4.35. The first-order valence-electron chi connectivity index (χ1n) is 5.78. The van der Waals surface area contributed by atoms with Crippen LogP contribution < -0.4 is 5.32 Å². The molecule has 1 unspecified atom stereocenters. The van der Waals surface area contributed by atoms with Crippen molar-refractivity contribution in [1.82, 2.24) is 20.3 Å². The van der Waals surface area contributed by atoms with E-state index in [0.717, 1.165) is 18.7 Å². The number of likely N-dealkylation sites (N-methyl/N-ethyl adjacent to an activating group) is 1. The van der Waals surface area contributed by atoms with Crippen LogP contribution in [-0.4, -0.2) is 21.5 Å². The van der Waals surface area contributed by atoms with E-state index in [1.165, 1.54) is 5.56 Å². The molecule has 4 heteroatoms. The van der Waals surface area contributed by atoms with Gasteiger partial charge < -0.3 is 5.32 Å². The van der Waals surface area contributed by atoms with E-state index in [0.29, 0.717) is 0 Å². The lowest BCUT2D eigenvalue weighted by Crippen LogP contribution is -2.24. The largest absolute Gasteiger partial charge is 0.309 e. The maximum atomic E-state index is 4.35. The monoisotopic (exact) mass is 228 g/mol. The summed E-state index contributed by atoms with van der Waals surface area (Å²) < 4.78 is 0. The van der Waals surface area contributed by atoms with Crippen LogP contribution in [-0.2, 0) is 6.42 Å². The first kappa shape index (κ1) is 11.7. The van der Waals surface area contributed by atoms with Crippen LogP contribution in [0.15, 0.2) is 43.1 Å². The van der Waals surface area contributed by atoms with Crippen LogP contribution >= 0.6 is 0 Å². The quantitative estimate of drug-likeness (QED) is 0.847. The Morgan fingerprint density at radius 1 is 1.12 bits per heavy atom. The van der Waals surface area contributed by atoms with Crippen molar-refractivity contribution in [2.75, 3.05) is 6.54 Å². The van der Waals surface area contributed by atoms with E-state index in [4.69, 9.17) is 0 Å². The van der Waals surface area contributed by atoms with Gasteiger partial charge in [0.2, 0.25) is 0 Å². The lowest BCUT2D eigenvalue weighted by molar-refractivity contribution is 0.534. The number of aromatic nitrogens is 3. The van der Waals surface area contributed by atoms with Crippen molar-refractivity contribution >= 4 is 0 Å². The average Bonchev–Trinajstić information content (AvgIpc) is 2.40. The molecule has 1 atom stereocenters. The molecule has 0 spiro atoms. The van der Waals surface area contributed by atoms with Gasteiger partial charge in [0.15, 0.2) is 0 Å². The van der Waals surface area contributed by atoms with Gasteiger partial charge in [-0.3, -0.25) is 15.0 Å². The molecule has 88 valence electrons. The first-order valence-corrected chi connectivity index (χ1v) is 5.78. The molecule has 0 aliphatic rings. The summed E-state index contributed by atoms with van der Waals surface area (Å²) in [5.74, 6) is 0. The normalized spacial score (nSPS) is 12.3. The molecule has 1 N–H and O–H groups in total. The fraction of sp³-hybridized carbons (Fsp3) is 0.308. The van der Waals surface area contributed by atoms with Crippen molar-refractivity contribution in [3.05, 3.63) is 54.4 Å². The molecule has 0 saturated heterocycles. The molecule has 0 bridgehead atoms. The zero-order chi connectivity index (χ0) is 11.9. The minimum Gasteiger partial charge on any atom is -0.309 e. The summed E-state index contributed by atoms with van der Waals surface area (Å²) in [6.07, 6.45) is 9.76. The van der Waals surface area contributed by atoms with Gasteiger partial charge in [-0.15, -0.1) is 0 Å². The van der Waals surface area contributed by atoms with E-state index >= 15 is 0 Å². The minimum atomic E-state index is 0.205. The van der Waals surface area contributed by atoms with E-state index in [-0.39, 0.29) is 6.04 Å². The van der Waals surface area contributed by atoms with Gasteiger partial charge in [-0.25, -0.2) is 0 Å². The lowest BCUT2D eigenvalue weighted by atomic mass is 10.0.